The molecule has 0 saturated carbocycles. The Morgan fingerprint density at radius 1 is 1.38 bits per heavy atom. The van der Waals surface area contributed by atoms with Gasteiger partial charge >= 0.3 is 0 Å². The molecule has 0 spiro atoms. The van der Waals surface area contributed by atoms with E-state index in [-0.39, 0.29) is 11.9 Å². The van der Waals surface area contributed by atoms with Gasteiger partial charge in [-0.15, -0.1) is 16.4 Å². The average molecular weight is 378 g/mol. The van der Waals surface area contributed by atoms with Gasteiger partial charge in [0, 0.05) is 25.5 Å². The number of ether oxygens (including phenoxy) is 3. The van der Waals surface area contributed by atoms with Gasteiger partial charge in [0.1, 0.15) is 24.2 Å². The van der Waals surface area contributed by atoms with Crippen LogP contribution in [0.5, 0.6) is 0 Å². The first-order chi connectivity index (χ1) is 12.5. The summed E-state index contributed by atoms with van der Waals surface area (Å²) in [5, 5.41) is 7.78. The Morgan fingerprint density at radius 2 is 2.19 bits per heavy atom. The standard InChI is InChI=1S/C17H23N5O3S/c1-17(2)5-10-11(8-25-17)26-16-14(10)15-20-12(21-22(15)9-19-16)6-18-7-13(23-3)24-4/h9,13,18H,5-8H2,1-4H3/p+1. The minimum atomic E-state index is -0.230. The highest BCUT2D eigenvalue weighted by Crippen LogP contribution is 2.39. The molecule has 0 radical (unpaired) electrons. The van der Waals surface area contributed by atoms with Crippen LogP contribution < -0.4 is 5.32 Å². The van der Waals surface area contributed by atoms with Crippen LogP contribution in [0, 0.1) is 0 Å². The van der Waals surface area contributed by atoms with Crippen molar-refractivity contribution in [2.45, 2.75) is 45.3 Å². The minimum Gasteiger partial charge on any atom is -0.370 e. The van der Waals surface area contributed by atoms with Crippen LogP contribution in [0.2, 0.25) is 0 Å². The first kappa shape index (κ1) is 17.7. The Morgan fingerprint density at radius 3 is 2.96 bits per heavy atom. The average Bonchev–Trinajstić information content (AvgIpc) is 3.18. The monoisotopic (exact) mass is 378 g/mol. The van der Waals surface area contributed by atoms with Gasteiger partial charge in [0.15, 0.2) is 5.65 Å². The van der Waals surface area contributed by atoms with Crippen LogP contribution in [-0.4, -0.2) is 52.2 Å². The fraction of sp³-hybridized carbons (Fsp3) is 0.588. The largest absolute Gasteiger partial charge is 0.370 e. The van der Waals surface area contributed by atoms with E-state index in [1.165, 1.54) is 10.4 Å². The SMILES string of the molecule is COC(C[NH2+]Cc1nc2c3c4c(sc3ncn2n1)COC(C)(C)C4)OC. The van der Waals surface area contributed by atoms with Crippen LogP contribution in [0.15, 0.2) is 6.33 Å². The van der Waals surface area contributed by atoms with E-state index in [1.807, 2.05) is 0 Å². The van der Waals surface area contributed by atoms with Crippen LogP contribution in [-0.2, 0) is 33.8 Å². The van der Waals surface area contributed by atoms with Crippen LogP contribution in [0.25, 0.3) is 15.9 Å². The molecule has 2 N–H and O–H groups in total. The molecule has 8 nitrogen and oxygen atoms in total. The molecule has 140 valence electrons. The maximum atomic E-state index is 5.95. The van der Waals surface area contributed by atoms with E-state index < -0.39 is 0 Å². The first-order valence-corrected chi connectivity index (χ1v) is 9.48. The first-order valence-electron chi connectivity index (χ1n) is 8.66. The summed E-state index contributed by atoms with van der Waals surface area (Å²) < 4.78 is 18.1. The molecular weight excluding hydrogens is 354 g/mol. The molecule has 0 saturated heterocycles. The Kier molecular flexibility index (Phi) is 4.66. The van der Waals surface area contributed by atoms with Crippen molar-refractivity contribution in [1.29, 1.82) is 0 Å². The number of methoxy groups -OCH3 is 2. The Hall–Kier alpha value is -1.65. The molecule has 26 heavy (non-hydrogen) atoms. The van der Waals surface area contributed by atoms with Gasteiger partial charge in [-0.1, -0.05) is 0 Å². The molecular formula is C17H24N5O3S+. The molecule has 0 aliphatic carbocycles. The van der Waals surface area contributed by atoms with Crippen molar-refractivity contribution in [3.63, 3.8) is 0 Å². The molecule has 0 bridgehead atoms. The van der Waals surface area contributed by atoms with Crippen molar-refractivity contribution in [3.8, 4) is 0 Å². The molecule has 3 aromatic heterocycles. The minimum absolute atomic E-state index is 0.167. The molecule has 0 fully saturated rings. The zero-order valence-corrected chi connectivity index (χ0v) is 16.3. The van der Waals surface area contributed by atoms with E-state index in [9.17, 15) is 0 Å². The third kappa shape index (κ3) is 3.21. The van der Waals surface area contributed by atoms with Crippen molar-refractivity contribution >= 4 is 27.2 Å². The highest BCUT2D eigenvalue weighted by molar-refractivity contribution is 7.19. The lowest BCUT2D eigenvalue weighted by Gasteiger charge is -2.30. The lowest BCUT2D eigenvalue weighted by atomic mass is 9.94. The second-order valence-corrected chi connectivity index (χ2v) is 8.16. The molecule has 4 heterocycles. The summed E-state index contributed by atoms with van der Waals surface area (Å²) in [5.74, 6) is 0.775. The van der Waals surface area contributed by atoms with E-state index >= 15 is 0 Å². The third-order valence-corrected chi connectivity index (χ3v) is 5.78. The summed E-state index contributed by atoms with van der Waals surface area (Å²) in [6, 6.07) is 0. The molecule has 1 aliphatic rings. The van der Waals surface area contributed by atoms with E-state index in [4.69, 9.17) is 19.2 Å². The molecule has 0 atom stereocenters. The van der Waals surface area contributed by atoms with Gasteiger partial charge < -0.3 is 19.5 Å². The summed E-state index contributed by atoms with van der Waals surface area (Å²) in [5.41, 5.74) is 2.02. The highest BCUT2D eigenvalue weighted by Gasteiger charge is 2.30. The van der Waals surface area contributed by atoms with Gasteiger partial charge in [0.05, 0.1) is 17.6 Å². The summed E-state index contributed by atoms with van der Waals surface area (Å²) in [6.45, 7) is 6.24. The van der Waals surface area contributed by atoms with Gasteiger partial charge in [0.25, 0.3) is 0 Å². The quantitative estimate of drug-likeness (QED) is 0.641. The van der Waals surface area contributed by atoms with Crippen molar-refractivity contribution < 1.29 is 19.5 Å². The summed E-state index contributed by atoms with van der Waals surface area (Å²) in [4.78, 5) is 11.6. The molecule has 0 aromatic carbocycles. The van der Waals surface area contributed by atoms with Crippen LogP contribution >= 0.6 is 11.3 Å². The van der Waals surface area contributed by atoms with E-state index in [1.54, 1.807) is 36.4 Å². The molecule has 9 heteroatoms. The zero-order valence-electron chi connectivity index (χ0n) is 15.5. The topological polar surface area (TPSA) is 87.4 Å². The van der Waals surface area contributed by atoms with E-state index in [2.05, 4.69) is 29.2 Å². The zero-order chi connectivity index (χ0) is 18.3. The Labute approximate surface area is 155 Å². The second kappa shape index (κ2) is 6.82. The van der Waals surface area contributed by atoms with Crippen molar-refractivity contribution in [3.05, 3.63) is 22.6 Å². The number of nitrogens with two attached hydrogens (primary N) is 1. The second-order valence-electron chi connectivity index (χ2n) is 7.08. The number of rotatable bonds is 6. The lowest BCUT2D eigenvalue weighted by molar-refractivity contribution is -0.683. The lowest BCUT2D eigenvalue weighted by Crippen LogP contribution is -2.85. The molecule has 1 aliphatic heterocycles. The van der Waals surface area contributed by atoms with Crippen LogP contribution in [0.1, 0.15) is 30.1 Å². The fourth-order valence-corrected chi connectivity index (χ4v) is 4.37. The molecule has 3 aromatic rings. The number of fused-ring (bicyclic) bond motifs is 5. The number of quaternary nitrogens is 1. The van der Waals surface area contributed by atoms with E-state index in [0.717, 1.165) is 28.1 Å². The van der Waals surface area contributed by atoms with Gasteiger partial charge in [-0.3, -0.25) is 0 Å². The summed E-state index contributed by atoms with van der Waals surface area (Å²) >= 11 is 1.69. The third-order valence-electron chi connectivity index (χ3n) is 4.66. The predicted molar refractivity (Wildman–Crippen MR) is 97.0 cm³/mol. The number of hydrogen-bond donors (Lipinski definition) is 1. The Bertz CT molecular complexity index is 931. The maximum Gasteiger partial charge on any atom is 0.206 e. The maximum absolute atomic E-state index is 5.95. The normalized spacial score (nSPS) is 16.7. The van der Waals surface area contributed by atoms with Crippen molar-refractivity contribution in [2.24, 2.45) is 0 Å². The molecule has 4 rings (SSSR count). The number of hydrogen-bond acceptors (Lipinski definition) is 7. The molecule has 0 amide bonds. The van der Waals surface area contributed by atoms with Crippen LogP contribution in [0.4, 0.5) is 0 Å². The number of aromatic nitrogens is 4. The summed E-state index contributed by atoms with van der Waals surface area (Å²) in [7, 11) is 3.27. The fourth-order valence-electron chi connectivity index (χ4n) is 3.31. The number of thiophene rings is 1. The molecule has 0 unspecified atom stereocenters. The van der Waals surface area contributed by atoms with Crippen molar-refractivity contribution in [1.82, 2.24) is 19.6 Å². The smallest absolute Gasteiger partial charge is 0.206 e. The van der Waals surface area contributed by atoms with Gasteiger partial charge in [0.2, 0.25) is 12.1 Å². The van der Waals surface area contributed by atoms with E-state index in [0.29, 0.717) is 19.7 Å². The van der Waals surface area contributed by atoms with Gasteiger partial charge in [-0.05, 0) is 19.4 Å². The predicted octanol–water partition coefficient (Wildman–Crippen LogP) is 0.873. The Balaban J connectivity index is 1.65. The van der Waals surface area contributed by atoms with Crippen LogP contribution in [0.3, 0.4) is 0 Å². The number of nitrogens with zero attached hydrogens (tertiary/aromatic N) is 4. The van der Waals surface area contributed by atoms with Gasteiger partial charge in [-0.2, -0.15) is 0 Å². The highest BCUT2D eigenvalue weighted by atomic mass is 32.1. The van der Waals surface area contributed by atoms with Crippen molar-refractivity contribution in [2.75, 3.05) is 20.8 Å². The summed E-state index contributed by atoms with van der Waals surface area (Å²) in [6.07, 6.45) is 2.38. The van der Waals surface area contributed by atoms with Gasteiger partial charge in [-0.25, -0.2) is 14.5 Å².